The van der Waals surface area contributed by atoms with Crippen molar-refractivity contribution in [1.82, 2.24) is 10.6 Å². The summed E-state index contributed by atoms with van der Waals surface area (Å²) >= 11 is 0. The molecular formula is C34H49N3O4. The second kappa shape index (κ2) is 16.6. The van der Waals surface area contributed by atoms with E-state index in [4.69, 9.17) is 10.5 Å². The Labute approximate surface area is 245 Å². The minimum Gasteiger partial charge on any atom is -0.379 e. The van der Waals surface area contributed by atoms with E-state index in [0.29, 0.717) is 18.9 Å². The second-order valence-electron chi connectivity index (χ2n) is 12.0. The SMILES string of the molecule is NC1c2cccccccc(c2)C1NC(=O)CCOCCNC(=O)C1CCC(C(=O)C2CCCCCCCC2)CC1. The maximum atomic E-state index is 13.2. The van der Waals surface area contributed by atoms with Crippen molar-refractivity contribution < 1.29 is 19.1 Å². The van der Waals surface area contributed by atoms with Crippen LogP contribution in [0.3, 0.4) is 0 Å². The summed E-state index contributed by atoms with van der Waals surface area (Å²) in [6.07, 6.45) is 13.1. The molecule has 7 nitrogen and oxygen atoms in total. The Bertz CT molecular complexity index is 1060. The Balaban J connectivity index is 1.09. The fourth-order valence-corrected chi connectivity index (χ4v) is 6.58. The van der Waals surface area contributed by atoms with Gasteiger partial charge in [-0.05, 0) is 49.7 Å². The first-order valence-electron chi connectivity index (χ1n) is 15.9. The number of rotatable bonds is 10. The standard InChI is InChI=1S/C34H49N3O4/c35-31-28-14-10-6-3-7-11-15-29(24-28)32(31)37-30(38)20-22-41-23-21-36-34(40)27-18-16-26(17-19-27)33(39)25-12-8-4-1-2-5-9-13-25/h3,6-7,10-11,14-15,24-27,31-32H,1-2,4-5,8-9,12-13,16-23,35H2,(H,36,40)(H,37,38). The van der Waals surface area contributed by atoms with Crippen molar-refractivity contribution in [2.45, 2.75) is 95.6 Å². The summed E-state index contributed by atoms with van der Waals surface area (Å²) in [6, 6.07) is 15.1. The molecule has 0 saturated heterocycles. The van der Waals surface area contributed by atoms with E-state index in [9.17, 15) is 14.4 Å². The van der Waals surface area contributed by atoms with E-state index in [-0.39, 0.29) is 54.7 Å². The van der Waals surface area contributed by atoms with Gasteiger partial charge in [0.1, 0.15) is 5.78 Å². The fourth-order valence-electron chi connectivity index (χ4n) is 6.58. The molecule has 2 saturated carbocycles. The maximum absolute atomic E-state index is 13.2. The van der Waals surface area contributed by atoms with Crippen LogP contribution in [0.15, 0.2) is 48.5 Å². The van der Waals surface area contributed by atoms with Crippen LogP contribution < -0.4 is 16.4 Å². The summed E-state index contributed by atoms with van der Waals surface area (Å²) in [5, 5.41) is 6.03. The number of hydrogen-bond acceptors (Lipinski definition) is 5. The number of nitrogens with one attached hydrogen (secondary N) is 2. The van der Waals surface area contributed by atoms with Crippen LogP contribution in [0.4, 0.5) is 0 Å². The van der Waals surface area contributed by atoms with Crippen LogP contribution >= 0.6 is 0 Å². The topological polar surface area (TPSA) is 111 Å². The third-order valence-electron chi connectivity index (χ3n) is 9.05. The summed E-state index contributed by atoms with van der Waals surface area (Å²) < 4.78 is 5.63. The number of ketones is 1. The minimum absolute atomic E-state index is 0.0214. The van der Waals surface area contributed by atoms with Crippen LogP contribution in [0.1, 0.15) is 107 Å². The molecule has 2 atom stereocenters. The van der Waals surface area contributed by atoms with E-state index >= 15 is 0 Å². The third kappa shape index (κ3) is 9.64. The molecule has 4 rings (SSSR count). The molecule has 1 aromatic rings. The highest BCUT2D eigenvalue weighted by molar-refractivity contribution is 5.84. The molecule has 2 fully saturated rings. The van der Waals surface area contributed by atoms with Gasteiger partial charge in [-0.25, -0.2) is 0 Å². The van der Waals surface area contributed by atoms with E-state index in [1.165, 1.54) is 38.5 Å². The molecule has 0 heterocycles. The van der Waals surface area contributed by atoms with Crippen LogP contribution in [0.25, 0.3) is 0 Å². The van der Waals surface area contributed by atoms with Crippen molar-refractivity contribution in [3.05, 3.63) is 59.7 Å². The van der Waals surface area contributed by atoms with Crippen molar-refractivity contribution in [3.8, 4) is 0 Å². The smallest absolute Gasteiger partial charge is 0.223 e. The van der Waals surface area contributed by atoms with Gasteiger partial charge in [-0.15, -0.1) is 0 Å². The number of nitrogens with two attached hydrogens (primary N) is 1. The number of Topliss-reactive ketones (excluding diaryl/α,β-unsaturated/α-hetero) is 1. The van der Waals surface area contributed by atoms with Gasteiger partial charge in [-0.3, -0.25) is 14.4 Å². The summed E-state index contributed by atoms with van der Waals surface area (Å²) in [5.41, 5.74) is 8.36. The predicted octanol–water partition coefficient (Wildman–Crippen LogP) is 5.63. The zero-order valence-corrected chi connectivity index (χ0v) is 24.5. The van der Waals surface area contributed by atoms with Crippen LogP contribution in [0.5, 0.6) is 0 Å². The molecule has 0 radical (unpaired) electrons. The third-order valence-corrected chi connectivity index (χ3v) is 9.05. The lowest BCUT2D eigenvalue weighted by Crippen LogP contribution is -2.37. The van der Waals surface area contributed by atoms with Crippen molar-refractivity contribution in [1.29, 1.82) is 0 Å². The largest absolute Gasteiger partial charge is 0.379 e. The Morgan fingerprint density at radius 2 is 1.32 bits per heavy atom. The molecule has 3 aliphatic carbocycles. The monoisotopic (exact) mass is 563 g/mol. The normalized spacial score (nSPS) is 24.7. The van der Waals surface area contributed by atoms with Crippen LogP contribution in [-0.4, -0.2) is 37.4 Å². The van der Waals surface area contributed by atoms with E-state index in [1.54, 1.807) is 0 Å². The molecule has 7 heteroatoms. The Morgan fingerprint density at radius 3 is 2.02 bits per heavy atom. The van der Waals surface area contributed by atoms with Gasteiger partial charge in [0.05, 0.1) is 25.3 Å². The van der Waals surface area contributed by atoms with E-state index in [2.05, 4.69) is 10.6 Å². The molecule has 2 amide bonds. The predicted molar refractivity (Wildman–Crippen MR) is 161 cm³/mol. The molecule has 2 unspecified atom stereocenters. The number of ether oxygens (including phenoxy) is 1. The second-order valence-corrected chi connectivity index (χ2v) is 12.0. The van der Waals surface area contributed by atoms with Gasteiger partial charge in [0.15, 0.2) is 0 Å². The quantitative estimate of drug-likeness (QED) is 0.320. The lowest BCUT2D eigenvalue weighted by molar-refractivity contribution is -0.132. The number of carbonyl (C=O) groups is 3. The highest BCUT2D eigenvalue weighted by atomic mass is 16.5. The molecule has 41 heavy (non-hydrogen) atoms. The summed E-state index contributed by atoms with van der Waals surface area (Å²) in [6.45, 7) is 1.06. The summed E-state index contributed by atoms with van der Waals surface area (Å²) in [5.74, 6) is 0.765. The van der Waals surface area contributed by atoms with Crippen LogP contribution in [0, 0.1) is 17.8 Å². The molecule has 3 aliphatic rings. The first-order chi connectivity index (χ1) is 20.0. The van der Waals surface area contributed by atoms with Gasteiger partial charge in [0.25, 0.3) is 0 Å². The highest BCUT2D eigenvalue weighted by Crippen LogP contribution is 2.35. The fraction of sp³-hybridized carbons (Fsp3) is 0.618. The van der Waals surface area contributed by atoms with E-state index in [1.807, 2.05) is 48.5 Å². The van der Waals surface area contributed by atoms with Crippen molar-refractivity contribution in [3.63, 3.8) is 0 Å². The van der Waals surface area contributed by atoms with Gasteiger partial charge < -0.3 is 21.1 Å². The number of hydrogen-bond donors (Lipinski definition) is 3. The average molecular weight is 564 g/mol. The van der Waals surface area contributed by atoms with E-state index < -0.39 is 0 Å². The first-order valence-corrected chi connectivity index (χ1v) is 15.9. The molecule has 2 bridgehead atoms. The summed E-state index contributed by atoms with van der Waals surface area (Å²) in [4.78, 5) is 38.4. The molecule has 224 valence electrons. The Hall–Kier alpha value is -2.77. The molecule has 0 aromatic heterocycles. The number of fused-ring (bicyclic) bond motifs is 2. The molecule has 0 aliphatic heterocycles. The van der Waals surface area contributed by atoms with Gasteiger partial charge in [0.2, 0.25) is 11.8 Å². The lowest BCUT2D eigenvalue weighted by atomic mass is 9.75. The molecule has 0 spiro atoms. The van der Waals surface area contributed by atoms with Gasteiger partial charge >= 0.3 is 0 Å². The van der Waals surface area contributed by atoms with Crippen LogP contribution in [-0.2, 0) is 19.1 Å². The number of carbonyl (C=O) groups excluding carboxylic acids is 3. The van der Waals surface area contributed by atoms with Crippen molar-refractivity contribution >= 4 is 17.6 Å². The minimum atomic E-state index is -0.295. The Kier molecular flexibility index (Phi) is 12.6. The van der Waals surface area contributed by atoms with E-state index in [0.717, 1.165) is 49.7 Å². The van der Waals surface area contributed by atoms with Crippen LogP contribution in [0.2, 0.25) is 0 Å². The lowest BCUT2D eigenvalue weighted by Gasteiger charge is -2.29. The van der Waals surface area contributed by atoms with Gasteiger partial charge in [-0.2, -0.15) is 0 Å². The van der Waals surface area contributed by atoms with Gasteiger partial charge in [0, 0.05) is 30.7 Å². The summed E-state index contributed by atoms with van der Waals surface area (Å²) in [7, 11) is 0. The van der Waals surface area contributed by atoms with Crippen molar-refractivity contribution in [2.75, 3.05) is 19.8 Å². The average Bonchev–Trinajstić information content (AvgIpc) is 3.34. The zero-order chi connectivity index (χ0) is 28.9. The molecular weight excluding hydrogens is 514 g/mol. The molecule has 1 aromatic carbocycles. The number of amides is 2. The Morgan fingerprint density at radius 1 is 0.732 bits per heavy atom. The van der Waals surface area contributed by atoms with Gasteiger partial charge in [-0.1, -0.05) is 87.1 Å². The zero-order valence-electron chi connectivity index (χ0n) is 24.5. The first kappa shape index (κ1) is 31.2. The highest BCUT2D eigenvalue weighted by Gasteiger charge is 2.33. The van der Waals surface area contributed by atoms with Crippen molar-refractivity contribution in [2.24, 2.45) is 23.5 Å². The maximum Gasteiger partial charge on any atom is 0.223 e. The molecule has 4 N–H and O–H groups in total.